The maximum atomic E-state index is 14.9. The summed E-state index contributed by atoms with van der Waals surface area (Å²) < 4.78 is 14.9. The van der Waals surface area contributed by atoms with Crippen LogP contribution in [0.4, 0.5) is 10.1 Å². The molecule has 1 spiro atoms. The number of nitrogens with zero attached hydrogens (tertiary/aromatic N) is 2. The second kappa shape index (κ2) is 9.03. The van der Waals surface area contributed by atoms with Crippen LogP contribution in [0.15, 0.2) is 89.2 Å². The van der Waals surface area contributed by atoms with E-state index in [9.17, 15) is 14.0 Å². The number of anilines is 1. The zero-order chi connectivity index (χ0) is 25.6. The van der Waals surface area contributed by atoms with Crippen LogP contribution in [0, 0.1) is 12.7 Å². The fraction of sp³-hybridized carbons (Fsp3) is 0.207. The Morgan fingerprint density at radius 1 is 1.06 bits per heavy atom. The second-order valence-electron chi connectivity index (χ2n) is 9.31. The Kier molecular flexibility index (Phi) is 6.00. The van der Waals surface area contributed by atoms with E-state index in [2.05, 4.69) is 5.32 Å². The molecule has 36 heavy (non-hydrogen) atoms. The van der Waals surface area contributed by atoms with Gasteiger partial charge in [-0.1, -0.05) is 59.6 Å². The number of hydrogen-bond donors (Lipinski definition) is 1. The number of carbonyl (C=O) groups excluding carboxylic acids is 2. The molecule has 3 aromatic carbocycles. The number of hydrazone groups is 1. The Morgan fingerprint density at radius 2 is 1.72 bits per heavy atom. The van der Waals surface area contributed by atoms with Gasteiger partial charge in [0, 0.05) is 34.2 Å². The van der Waals surface area contributed by atoms with Crippen molar-refractivity contribution in [2.24, 2.45) is 5.10 Å². The number of benzene rings is 3. The van der Waals surface area contributed by atoms with Crippen molar-refractivity contribution in [3.05, 3.63) is 112 Å². The molecule has 1 N–H and O–H groups in total. The van der Waals surface area contributed by atoms with Crippen LogP contribution in [-0.2, 0) is 9.59 Å². The zero-order valence-corrected chi connectivity index (χ0v) is 20.9. The number of amides is 1. The highest BCUT2D eigenvalue weighted by Crippen LogP contribution is 2.50. The summed E-state index contributed by atoms with van der Waals surface area (Å²) in [6, 6.07) is 21.2. The lowest BCUT2D eigenvalue weighted by Crippen LogP contribution is -2.62. The smallest absolute Gasteiger partial charge is 0.253 e. The normalized spacial score (nSPS) is 21.6. The SMILES string of the molecule is CC(=O)C1=C(C)NC(=O)[C@@]2(CC(c3ccccc3F)=NN2c2ccc(Cl)cc2)[C@H]1c1ccc(C)cc1. The third-order valence-corrected chi connectivity index (χ3v) is 7.20. The Labute approximate surface area is 214 Å². The Hall–Kier alpha value is -3.77. The predicted molar refractivity (Wildman–Crippen MR) is 140 cm³/mol. The molecule has 3 aromatic rings. The van der Waals surface area contributed by atoms with E-state index in [0.717, 1.165) is 11.1 Å². The number of halogens is 2. The van der Waals surface area contributed by atoms with Gasteiger partial charge in [0.05, 0.1) is 11.4 Å². The van der Waals surface area contributed by atoms with Crippen LogP contribution < -0.4 is 10.3 Å². The summed E-state index contributed by atoms with van der Waals surface area (Å²) in [5.74, 6) is -1.52. The van der Waals surface area contributed by atoms with E-state index >= 15 is 0 Å². The first-order valence-electron chi connectivity index (χ1n) is 11.7. The van der Waals surface area contributed by atoms with Crippen LogP contribution in [0.3, 0.4) is 0 Å². The molecular formula is C29H25ClFN3O2. The molecule has 0 bridgehead atoms. The van der Waals surface area contributed by atoms with Gasteiger partial charge in [-0.3, -0.25) is 9.59 Å². The molecule has 1 amide bonds. The Morgan fingerprint density at radius 3 is 2.36 bits per heavy atom. The minimum atomic E-state index is -1.35. The van der Waals surface area contributed by atoms with Crippen molar-refractivity contribution in [3.63, 3.8) is 0 Å². The van der Waals surface area contributed by atoms with Gasteiger partial charge >= 0.3 is 0 Å². The van der Waals surface area contributed by atoms with Gasteiger partial charge in [0.1, 0.15) is 5.82 Å². The van der Waals surface area contributed by atoms with Crippen LogP contribution in [0.1, 0.15) is 42.9 Å². The molecule has 0 aromatic heterocycles. The predicted octanol–water partition coefficient (Wildman–Crippen LogP) is 5.92. The van der Waals surface area contributed by atoms with Crippen molar-refractivity contribution in [1.82, 2.24) is 5.32 Å². The molecule has 2 aliphatic rings. The lowest BCUT2D eigenvalue weighted by atomic mass is 9.67. The number of allylic oxidation sites excluding steroid dienone is 1. The van der Waals surface area contributed by atoms with Gasteiger partial charge < -0.3 is 5.32 Å². The molecule has 0 saturated carbocycles. The van der Waals surface area contributed by atoms with Crippen molar-refractivity contribution >= 4 is 34.7 Å². The van der Waals surface area contributed by atoms with Crippen LogP contribution in [0.5, 0.6) is 0 Å². The van der Waals surface area contributed by atoms with Crippen molar-refractivity contribution < 1.29 is 14.0 Å². The summed E-state index contributed by atoms with van der Waals surface area (Å²) in [5.41, 5.74) is 2.90. The van der Waals surface area contributed by atoms with E-state index in [1.165, 1.54) is 13.0 Å². The molecule has 5 nitrogen and oxygen atoms in total. The molecule has 0 saturated heterocycles. The molecule has 2 atom stereocenters. The van der Waals surface area contributed by atoms with Crippen molar-refractivity contribution in [1.29, 1.82) is 0 Å². The second-order valence-corrected chi connectivity index (χ2v) is 9.74. The number of rotatable bonds is 4. The van der Waals surface area contributed by atoms with Crippen molar-refractivity contribution in [2.75, 3.05) is 5.01 Å². The van der Waals surface area contributed by atoms with E-state index in [4.69, 9.17) is 16.7 Å². The summed E-state index contributed by atoms with van der Waals surface area (Å²) in [4.78, 5) is 27.1. The molecular weight excluding hydrogens is 477 g/mol. The molecule has 2 aliphatic heterocycles. The minimum Gasteiger partial charge on any atom is -0.327 e. The highest BCUT2D eigenvalue weighted by Gasteiger charge is 2.59. The van der Waals surface area contributed by atoms with Crippen LogP contribution in [0.2, 0.25) is 5.02 Å². The van der Waals surface area contributed by atoms with Gasteiger partial charge in [0.15, 0.2) is 11.3 Å². The highest BCUT2D eigenvalue weighted by molar-refractivity contribution is 6.30. The van der Waals surface area contributed by atoms with Crippen molar-refractivity contribution in [2.45, 2.75) is 38.6 Å². The first-order valence-corrected chi connectivity index (χ1v) is 12.1. The molecule has 0 unspecified atom stereocenters. The molecule has 0 radical (unpaired) electrons. The lowest BCUT2D eigenvalue weighted by molar-refractivity contribution is -0.127. The van der Waals surface area contributed by atoms with Gasteiger partial charge in [-0.25, -0.2) is 9.40 Å². The number of nitrogens with one attached hydrogen (secondary N) is 1. The van der Waals surface area contributed by atoms with Gasteiger partial charge in [0.2, 0.25) is 0 Å². The zero-order valence-electron chi connectivity index (χ0n) is 20.2. The third-order valence-electron chi connectivity index (χ3n) is 6.95. The van der Waals surface area contributed by atoms with E-state index in [1.54, 1.807) is 54.4 Å². The monoisotopic (exact) mass is 501 g/mol. The third kappa shape index (κ3) is 3.82. The summed E-state index contributed by atoms with van der Waals surface area (Å²) >= 11 is 6.16. The number of Topliss-reactive ketones (excluding diaryl/α,β-unsaturated/α-hetero) is 1. The maximum absolute atomic E-state index is 14.9. The summed E-state index contributed by atoms with van der Waals surface area (Å²) in [6.45, 7) is 5.23. The fourth-order valence-corrected chi connectivity index (χ4v) is 5.42. The van der Waals surface area contributed by atoms with Gasteiger partial charge in [-0.2, -0.15) is 5.10 Å². The quantitative estimate of drug-likeness (QED) is 0.483. The first-order chi connectivity index (χ1) is 17.2. The van der Waals surface area contributed by atoms with Gasteiger partial charge in [-0.05, 0) is 56.7 Å². The minimum absolute atomic E-state index is 0.102. The molecule has 7 heteroatoms. The van der Waals surface area contributed by atoms with E-state index < -0.39 is 17.3 Å². The summed E-state index contributed by atoms with van der Waals surface area (Å²) in [6.07, 6.45) is 0.102. The van der Waals surface area contributed by atoms with Crippen molar-refractivity contribution in [3.8, 4) is 0 Å². The van der Waals surface area contributed by atoms with E-state index in [0.29, 0.717) is 33.3 Å². The van der Waals surface area contributed by atoms with Gasteiger partial charge in [0.25, 0.3) is 5.91 Å². The summed E-state index contributed by atoms with van der Waals surface area (Å²) in [5, 5.41) is 9.94. The molecule has 0 aliphatic carbocycles. The number of hydrogen-bond acceptors (Lipinski definition) is 4. The number of carbonyl (C=O) groups is 2. The number of aryl methyl sites for hydroxylation is 1. The molecule has 2 heterocycles. The first kappa shape index (κ1) is 23.9. The lowest BCUT2D eigenvalue weighted by Gasteiger charge is -2.46. The standard InChI is InChI=1S/C29H25ClFN3O2/c1-17-8-10-20(11-9-17)27-26(19(3)35)18(2)32-28(36)29(27)16-25(23-6-4-5-7-24(23)31)33-34(29)22-14-12-21(30)13-15-22/h4-15,27H,16H2,1-3H3,(H,32,36)/t27-,29+/m0/s1. The summed E-state index contributed by atoms with van der Waals surface area (Å²) in [7, 11) is 0. The average Bonchev–Trinajstić information content (AvgIpc) is 3.23. The van der Waals surface area contributed by atoms with Crippen LogP contribution in [-0.4, -0.2) is 22.9 Å². The van der Waals surface area contributed by atoms with Crippen LogP contribution in [0.25, 0.3) is 0 Å². The Balaban J connectivity index is 1.79. The Bertz CT molecular complexity index is 1430. The highest BCUT2D eigenvalue weighted by atomic mass is 35.5. The van der Waals surface area contributed by atoms with E-state index in [-0.39, 0.29) is 18.1 Å². The fourth-order valence-electron chi connectivity index (χ4n) is 5.29. The molecule has 0 fully saturated rings. The number of ketones is 1. The maximum Gasteiger partial charge on any atom is 0.253 e. The van der Waals surface area contributed by atoms with Gasteiger partial charge in [-0.15, -0.1) is 0 Å². The molecule has 182 valence electrons. The largest absolute Gasteiger partial charge is 0.327 e. The topological polar surface area (TPSA) is 61.8 Å². The van der Waals surface area contributed by atoms with Crippen LogP contribution >= 0.6 is 11.6 Å². The molecule has 5 rings (SSSR count). The van der Waals surface area contributed by atoms with E-state index in [1.807, 2.05) is 31.2 Å². The average molecular weight is 502 g/mol.